The average Bonchev–Trinajstić information content (AvgIpc) is 2.18. The molecule has 0 radical (unpaired) electrons. The van der Waals surface area contributed by atoms with Gasteiger partial charge in [0, 0.05) is 0 Å². The van der Waals surface area contributed by atoms with Crippen LogP contribution in [0.2, 0.25) is 5.82 Å². The molecular formula is C10H10O2Se. The van der Waals surface area contributed by atoms with Crippen LogP contribution in [-0.4, -0.2) is 27.3 Å². The fourth-order valence-corrected chi connectivity index (χ4v) is 2.29. The van der Waals surface area contributed by atoms with Gasteiger partial charge in [0.1, 0.15) is 0 Å². The number of ether oxygens (including phenoxy) is 1. The van der Waals surface area contributed by atoms with Crippen molar-refractivity contribution in [2.24, 2.45) is 0 Å². The first-order valence-corrected chi connectivity index (χ1v) is 6.72. The van der Waals surface area contributed by atoms with Crippen molar-refractivity contribution in [1.82, 2.24) is 0 Å². The molecule has 0 N–H and O–H groups in total. The van der Waals surface area contributed by atoms with Gasteiger partial charge in [-0.15, -0.1) is 0 Å². The Balaban J connectivity index is 2.47. The summed E-state index contributed by atoms with van der Waals surface area (Å²) in [6, 6.07) is 5.92. The van der Waals surface area contributed by atoms with E-state index in [1.54, 1.807) is 0 Å². The van der Waals surface area contributed by atoms with Gasteiger partial charge in [-0.1, -0.05) is 0 Å². The summed E-state index contributed by atoms with van der Waals surface area (Å²) in [7, 11) is 0. The van der Waals surface area contributed by atoms with Gasteiger partial charge in [0.05, 0.1) is 0 Å². The zero-order chi connectivity index (χ0) is 9.26. The molecule has 0 aliphatic carbocycles. The molecule has 3 heteroatoms. The van der Waals surface area contributed by atoms with Crippen LogP contribution in [-0.2, 0) is 0 Å². The first-order valence-electron chi connectivity index (χ1n) is 4.15. The Hall–Kier alpha value is -0.791. The molecule has 13 heavy (non-hydrogen) atoms. The van der Waals surface area contributed by atoms with Crippen molar-refractivity contribution in [2.75, 3.05) is 6.61 Å². The van der Waals surface area contributed by atoms with Gasteiger partial charge < -0.3 is 0 Å². The quantitative estimate of drug-likeness (QED) is 0.686. The van der Waals surface area contributed by atoms with E-state index in [1.807, 2.05) is 18.2 Å². The van der Waals surface area contributed by atoms with E-state index in [2.05, 4.69) is 5.82 Å². The van der Waals surface area contributed by atoms with Crippen LogP contribution < -0.4 is 9.20 Å². The summed E-state index contributed by atoms with van der Waals surface area (Å²) in [4.78, 5) is 11.5. The van der Waals surface area contributed by atoms with Crippen LogP contribution in [0.3, 0.4) is 0 Å². The minimum absolute atomic E-state index is 0.215. The van der Waals surface area contributed by atoms with Crippen LogP contribution in [0.4, 0.5) is 0 Å². The molecule has 0 amide bonds. The van der Waals surface area contributed by atoms with Crippen LogP contribution in [0.25, 0.3) is 0 Å². The number of rotatable bonds is 1. The van der Waals surface area contributed by atoms with Crippen LogP contribution in [0.15, 0.2) is 18.2 Å². The van der Waals surface area contributed by atoms with E-state index in [0.29, 0.717) is 28.0 Å². The summed E-state index contributed by atoms with van der Waals surface area (Å²) in [6.07, 6.45) is 0.521. The van der Waals surface area contributed by atoms with Gasteiger partial charge in [-0.3, -0.25) is 0 Å². The molecule has 2 nitrogen and oxygen atoms in total. The van der Waals surface area contributed by atoms with Crippen LogP contribution in [0.5, 0.6) is 5.75 Å². The molecule has 0 aromatic heterocycles. The third kappa shape index (κ3) is 1.62. The van der Waals surface area contributed by atoms with E-state index in [9.17, 15) is 4.79 Å². The Bertz CT molecular complexity index is 347. The predicted octanol–water partition coefficient (Wildman–Crippen LogP) is 1.03. The molecule has 1 aliphatic rings. The van der Waals surface area contributed by atoms with Crippen molar-refractivity contribution in [3.63, 3.8) is 0 Å². The molecule has 1 aliphatic heterocycles. The molecule has 2 rings (SSSR count). The van der Waals surface area contributed by atoms with E-state index < -0.39 is 0 Å². The summed E-state index contributed by atoms with van der Waals surface area (Å²) in [5.41, 5.74) is 0.771. The van der Waals surface area contributed by atoms with Crippen molar-refractivity contribution < 1.29 is 9.53 Å². The molecule has 0 spiro atoms. The number of Topliss-reactive ketones (excluding diaryl/α,β-unsaturated/α-hetero) is 1. The number of hydrogen-bond acceptors (Lipinski definition) is 2. The summed E-state index contributed by atoms with van der Waals surface area (Å²) < 4.78 is 6.63. The first kappa shape index (κ1) is 8.79. The normalized spacial score (nSPS) is 15.0. The second-order valence-corrected chi connectivity index (χ2v) is 4.73. The van der Waals surface area contributed by atoms with Crippen molar-refractivity contribution in [1.29, 1.82) is 0 Å². The molecule has 0 atom stereocenters. The van der Waals surface area contributed by atoms with E-state index in [0.717, 1.165) is 11.3 Å². The zero-order valence-electron chi connectivity index (χ0n) is 7.37. The summed E-state index contributed by atoms with van der Waals surface area (Å²) in [5, 5.41) is 0. The fraction of sp³-hybridized carbons (Fsp3) is 0.300. The minimum atomic E-state index is 0.215. The second kappa shape index (κ2) is 3.52. The maximum atomic E-state index is 11.5. The molecule has 0 bridgehead atoms. The molecule has 0 saturated carbocycles. The van der Waals surface area contributed by atoms with Crippen molar-refractivity contribution >= 4 is 25.2 Å². The van der Waals surface area contributed by atoms with E-state index in [4.69, 9.17) is 4.74 Å². The molecule has 1 aromatic rings. The molecule has 0 saturated heterocycles. The predicted molar refractivity (Wildman–Crippen MR) is 52.1 cm³/mol. The third-order valence-electron chi connectivity index (χ3n) is 2.07. The zero-order valence-corrected chi connectivity index (χ0v) is 9.08. The maximum absolute atomic E-state index is 11.5. The Morgan fingerprint density at radius 3 is 3.08 bits per heavy atom. The Morgan fingerprint density at radius 1 is 1.46 bits per heavy atom. The number of ketones is 1. The van der Waals surface area contributed by atoms with Gasteiger partial charge in [0.15, 0.2) is 0 Å². The van der Waals surface area contributed by atoms with Crippen LogP contribution >= 0.6 is 0 Å². The number of fused-ring (bicyclic) bond motifs is 1. The first-order chi connectivity index (χ1) is 6.31. The van der Waals surface area contributed by atoms with E-state index in [-0.39, 0.29) is 5.78 Å². The third-order valence-corrected chi connectivity index (χ3v) is 3.60. The number of benzene rings is 1. The number of carbonyl (C=O) groups excluding carboxylic acids is 1. The SMILES string of the molecule is C[Se]c1ccc2c(c1)C(=O)CCO2. The van der Waals surface area contributed by atoms with Crippen molar-refractivity contribution in [3.8, 4) is 5.75 Å². The van der Waals surface area contributed by atoms with Crippen LogP contribution in [0, 0.1) is 0 Å². The molecule has 1 aromatic carbocycles. The fourth-order valence-electron chi connectivity index (χ4n) is 1.37. The summed E-state index contributed by atoms with van der Waals surface area (Å²) in [6.45, 7) is 0.530. The van der Waals surface area contributed by atoms with Gasteiger partial charge in [-0.25, -0.2) is 0 Å². The summed E-state index contributed by atoms with van der Waals surface area (Å²) >= 11 is 0.451. The molecule has 0 fully saturated rings. The summed E-state index contributed by atoms with van der Waals surface area (Å²) in [5.74, 6) is 3.11. The number of hydrogen-bond donors (Lipinski definition) is 0. The Labute approximate surface area is 83.4 Å². The number of carbonyl (C=O) groups is 1. The Morgan fingerprint density at radius 2 is 2.31 bits per heavy atom. The molecule has 68 valence electrons. The van der Waals surface area contributed by atoms with Gasteiger partial charge in [-0.05, 0) is 0 Å². The van der Waals surface area contributed by atoms with Gasteiger partial charge >= 0.3 is 83.1 Å². The van der Waals surface area contributed by atoms with Gasteiger partial charge in [0.25, 0.3) is 0 Å². The molecule has 0 unspecified atom stereocenters. The molecular weight excluding hydrogens is 231 g/mol. The van der Waals surface area contributed by atoms with Crippen molar-refractivity contribution in [3.05, 3.63) is 23.8 Å². The van der Waals surface area contributed by atoms with E-state index >= 15 is 0 Å². The van der Waals surface area contributed by atoms with Crippen molar-refractivity contribution in [2.45, 2.75) is 12.2 Å². The topological polar surface area (TPSA) is 26.3 Å². The standard InChI is InChI=1S/C10H10O2Se/c1-13-7-2-3-10-8(6-7)9(11)4-5-12-10/h2-3,6H,4-5H2,1H3. The van der Waals surface area contributed by atoms with E-state index in [1.165, 1.54) is 4.46 Å². The Kier molecular flexibility index (Phi) is 2.38. The van der Waals surface area contributed by atoms with Crippen LogP contribution in [0.1, 0.15) is 16.8 Å². The molecule has 1 heterocycles. The monoisotopic (exact) mass is 242 g/mol. The van der Waals surface area contributed by atoms with Gasteiger partial charge in [-0.2, -0.15) is 0 Å². The van der Waals surface area contributed by atoms with Gasteiger partial charge in [0.2, 0.25) is 0 Å². The average molecular weight is 241 g/mol. The second-order valence-electron chi connectivity index (χ2n) is 2.88.